The number of benzene rings is 1. The lowest BCUT2D eigenvalue weighted by Gasteiger charge is -2.23. The van der Waals surface area contributed by atoms with Crippen LogP contribution in [0.15, 0.2) is 30.3 Å². The average Bonchev–Trinajstić information content (AvgIpc) is 2.79. The molecule has 2 N–H and O–H groups in total. The summed E-state index contributed by atoms with van der Waals surface area (Å²) in [7, 11) is -3.78. The van der Waals surface area contributed by atoms with Crippen LogP contribution >= 0.6 is 0 Å². The van der Waals surface area contributed by atoms with Gasteiger partial charge in [-0.1, -0.05) is 30.3 Å². The summed E-state index contributed by atoms with van der Waals surface area (Å²) in [5.74, 6) is -1.62. The fourth-order valence-electron chi connectivity index (χ4n) is 2.40. The van der Waals surface area contributed by atoms with Crippen LogP contribution in [0.5, 0.6) is 0 Å². The van der Waals surface area contributed by atoms with Gasteiger partial charge in [0, 0.05) is 0 Å². The van der Waals surface area contributed by atoms with Crippen molar-refractivity contribution >= 4 is 21.9 Å². The number of carbonyl (C=O) groups excluding carboxylic acids is 1. The quantitative estimate of drug-likeness (QED) is 0.833. The summed E-state index contributed by atoms with van der Waals surface area (Å²) in [6.07, 6.45) is -0.578. The highest BCUT2D eigenvalue weighted by atomic mass is 32.2. The standard InChI is InChI=1S/C14H17NO6S/c16-12(17)14(7-4-8-22(14,19)20)10-15-13(18)21-9-11-5-2-1-3-6-11/h1-3,5-6H,4,7-10H2,(H,15,18)(H,16,17). The van der Waals surface area contributed by atoms with Crippen molar-refractivity contribution < 1.29 is 27.9 Å². The number of aliphatic carboxylic acids is 1. The summed E-state index contributed by atoms with van der Waals surface area (Å²) >= 11 is 0. The molecule has 22 heavy (non-hydrogen) atoms. The molecule has 0 radical (unpaired) electrons. The number of hydrogen-bond donors (Lipinski definition) is 2. The van der Waals surface area contributed by atoms with Gasteiger partial charge in [0.05, 0.1) is 12.3 Å². The van der Waals surface area contributed by atoms with E-state index in [9.17, 15) is 23.1 Å². The number of carbonyl (C=O) groups is 2. The molecule has 1 aliphatic heterocycles. The van der Waals surface area contributed by atoms with Gasteiger partial charge in [-0.05, 0) is 18.4 Å². The second kappa shape index (κ2) is 6.35. The predicted molar refractivity (Wildman–Crippen MR) is 78.0 cm³/mol. The number of nitrogens with one attached hydrogen (secondary N) is 1. The molecular weight excluding hydrogens is 310 g/mol. The first-order chi connectivity index (χ1) is 10.4. The number of hydrogen-bond acceptors (Lipinski definition) is 5. The molecule has 1 saturated heterocycles. The summed E-state index contributed by atoms with van der Waals surface area (Å²) in [5.41, 5.74) is 0.777. The second-order valence-corrected chi connectivity index (χ2v) is 7.56. The monoisotopic (exact) mass is 327 g/mol. The van der Waals surface area contributed by atoms with Crippen LogP contribution in [0.3, 0.4) is 0 Å². The molecule has 2 rings (SSSR count). The lowest BCUT2D eigenvalue weighted by Crippen LogP contribution is -2.52. The zero-order valence-corrected chi connectivity index (χ0v) is 12.6. The molecule has 0 bridgehead atoms. The predicted octanol–water partition coefficient (Wildman–Crippen LogP) is 0.945. The zero-order chi connectivity index (χ0) is 16.2. The first kappa shape index (κ1) is 16.3. The third kappa shape index (κ3) is 3.22. The molecule has 0 spiro atoms. The highest BCUT2D eigenvalue weighted by Crippen LogP contribution is 2.32. The van der Waals surface area contributed by atoms with Crippen LogP contribution in [0.25, 0.3) is 0 Å². The zero-order valence-electron chi connectivity index (χ0n) is 11.8. The van der Waals surface area contributed by atoms with Gasteiger partial charge in [0.25, 0.3) is 0 Å². The first-order valence-electron chi connectivity index (χ1n) is 6.78. The van der Waals surface area contributed by atoms with Gasteiger partial charge in [0.2, 0.25) is 0 Å². The smallest absolute Gasteiger partial charge is 0.407 e. The van der Waals surface area contributed by atoms with Crippen molar-refractivity contribution in [3.05, 3.63) is 35.9 Å². The summed E-state index contributed by atoms with van der Waals surface area (Å²) in [6.45, 7) is -0.461. The maximum absolute atomic E-state index is 11.9. The van der Waals surface area contributed by atoms with Crippen LogP contribution < -0.4 is 5.32 Å². The Hall–Kier alpha value is -2.09. The van der Waals surface area contributed by atoms with E-state index in [2.05, 4.69) is 5.32 Å². The topological polar surface area (TPSA) is 110 Å². The van der Waals surface area contributed by atoms with E-state index in [0.717, 1.165) is 5.56 Å². The Labute approximate surface area is 128 Å². The number of amides is 1. The maximum atomic E-state index is 11.9. The van der Waals surface area contributed by atoms with Crippen molar-refractivity contribution in [2.75, 3.05) is 12.3 Å². The number of ether oxygens (including phenoxy) is 1. The van der Waals surface area contributed by atoms with Crippen molar-refractivity contribution in [2.24, 2.45) is 0 Å². The Morgan fingerprint density at radius 3 is 2.50 bits per heavy atom. The van der Waals surface area contributed by atoms with Crippen LogP contribution in [0.2, 0.25) is 0 Å². The third-order valence-electron chi connectivity index (χ3n) is 3.71. The van der Waals surface area contributed by atoms with Gasteiger partial charge in [-0.25, -0.2) is 13.2 Å². The minimum absolute atomic E-state index is 0.0103. The molecule has 0 aromatic heterocycles. The van der Waals surface area contributed by atoms with Crippen molar-refractivity contribution in [1.29, 1.82) is 0 Å². The summed E-state index contributed by atoms with van der Waals surface area (Å²) in [5, 5.41) is 11.5. The molecule has 1 aliphatic rings. The lowest BCUT2D eigenvalue weighted by molar-refractivity contribution is -0.139. The molecule has 7 nitrogen and oxygen atoms in total. The molecule has 1 fully saturated rings. The fraction of sp³-hybridized carbons (Fsp3) is 0.429. The van der Waals surface area contributed by atoms with Gasteiger partial charge < -0.3 is 15.2 Å². The highest BCUT2D eigenvalue weighted by Gasteiger charge is 2.54. The Kier molecular flexibility index (Phi) is 4.70. The molecule has 0 saturated carbocycles. The van der Waals surface area contributed by atoms with Crippen LogP contribution in [0.1, 0.15) is 18.4 Å². The minimum Gasteiger partial charge on any atom is -0.480 e. The highest BCUT2D eigenvalue weighted by molar-refractivity contribution is 7.93. The van der Waals surface area contributed by atoms with Crippen molar-refractivity contribution in [3.63, 3.8) is 0 Å². The summed E-state index contributed by atoms with van der Waals surface area (Å²) in [6, 6.07) is 8.95. The first-order valence-corrected chi connectivity index (χ1v) is 8.43. The number of rotatable bonds is 5. The Bertz CT molecular complexity index is 657. The van der Waals surface area contributed by atoms with Crippen LogP contribution in [-0.4, -0.2) is 42.6 Å². The van der Waals surface area contributed by atoms with Crippen molar-refractivity contribution in [1.82, 2.24) is 5.32 Å². The number of carboxylic acid groups (broad SMARTS) is 1. The van der Waals surface area contributed by atoms with Gasteiger partial charge in [0.1, 0.15) is 6.61 Å². The normalized spacial score (nSPS) is 22.9. The fourth-order valence-corrected chi connectivity index (χ4v) is 4.33. The molecule has 1 amide bonds. The summed E-state index contributed by atoms with van der Waals surface area (Å²) < 4.78 is 26.9. The van der Waals surface area contributed by atoms with E-state index < -0.39 is 33.2 Å². The van der Waals surface area contributed by atoms with Crippen molar-refractivity contribution in [2.45, 2.75) is 24.2 Å². The number of carboxylic acids is 1. The van der Waals surface area contributed by atoms with Crippen LogP contribution in [0, 0.1) is 0 Å². The van der Waals surface area contributed by atoms with Crippen LogP contribution in [-0.2, 0) is 26.0 Å². The largest absolute Gasteiger partial charge is 0.480 e. The summed E-state index contributed by atoms with van der Waals surface area (Å²) in [4.78, 5) is 23.0. The van der Waals surface area contributed by atoms with E-state index in [4.69, 9.17) is 4.74 Å². The Morgan fingerprint density at radius 2 is 1.95 bits per heavy atom. The lowest BCUT2D eigenvalue weighted by atomic mass is 10.0. The van der Waals surface area contributed by atoms with Gasteiger partial charge in [-0.2, -0.15) is 0 Å². The number of sulfone groups is 1. The Morgan fingerprint density at radius 1 is 1.27 bits per heavy atom. The number of alkyl carbamates (subject to hydrolysis) is 1. The second-order valence-electron chi connectivity index (χ2n) is 5.14. The molecule has 120 valence electrons. The van der Waals surface area contributed by atoms with Gasteiger partial charge in [0.15, 0.2) is 14.6 Å². The van der Waals surface area contributed by atoms with Gasteiger partial charge in [-0.3, -0.25) is 4.79 Å². The maximum Gasteiger partial charge on any atom is 0.407 e. The molecular formula is C14H17NO6S. The molecule has 1 heterocycles. The van der Waals surface area contributed by atoms with E-state index in [-0.39, 0.29) is 25.2 Å². The Balaban J connectivity index is 1.93. The van der Waals surface area contributed by atoms with Gasteiger partial charge in [-0.15, -0.1) is 0 Å². The van der Waals surface area contributed by atoms with E-state index >= 15 is 0 Å². The van der Waals surface area contributed by atoms with E-state index in [1.807, 2.05) is 6.07 Å². The molecule has 0 aliphatic carbocycles. The molecule has 1 aromatic carbocycles. The molecule has 8 heteroatoms. The van der Waals surface area contributed by atoms with E-state index in [1.165, 1.54) is 0 Å². The van der Waals surface area contributed by atoms with Crippen molar-refractivity contribution in [3.8, 4) is 0 Å². The van der Waals surface area contributed by atoms with E-state index in [0.29, 0.717) is 0 Å². The molecule has 1 unspecified atom stereocenters. The average molecular weight is 327 g/mol. The minimum atomic E-state index is -3.78. The third-order valence-corrected chi connectivity index (χ3v) is 6.25. The van der Waals surface area contributed by atoms with Crippen LogP contribution in [0.4, 0.5) is 4.79 Å². The van der Waals surface area contributed by atoms with Gasteiger partial charge >= 0.3 is 12.1 Å². The molecule has 1 atom stereocenters. The van der Waals surface area contributed by atoms with E-state index in [1.54, 1.807) is 24.3 Å². The molecule has 1 aromatic rings. The SMILES string of the molecule is O=C(NCC1(C(=O)O)CCCS1(=O)=O)OCc1ccccc1.